The van der Waals surface area contributed by atoms with Crippen LogP contribution in [-0.4, -0.2) is 12.1 Å². The Morgan fingerprint density at radius 2 is 1.80 bits per heavy atom. The molecule has 0 radical (unpaired) electrons. The first kappa shape index (κ1) is 21.8. The van der Waals surface area contributed by atoms with E-state index in [4.69, 9.17) is 27.9 Å². The van der Waals surface area contributed by atoms with Gasteiger partial charge in [0.05, 0.1) is 11.8 Å². The highest BCUT2D eigenvalue weighted by Gasteiger charge is 2.10. The number of hydrogen-bond donors (Lipinski definition) is 1. The second-order valence-corrected chi connectivity index (χ2v) is 7.53. The molecule has 0 aromatic heterocycles. The molecule has 3 rings (SSSR count). The molecular formula is C23H19Cl2FN2O2. The van der Waals surface area contributed by atoms with Gasteiger partial charge in [0, 0.05) is 15.6 Å². The van der Waals surface area contributed by atoms with Gasteiger partial charge in [0.25, 0.3) is 5.91 Å². The van der Waals surface area contributed by atoms with E-state index in [0.717, 1.165) is 28.0 Å². The van der Waals surface area contributed by atoms with Gasteiger partial charge < -0.3 is 4.74 Å². The van der Waals surface area contributed by atoms with Gasteiger partial charge in [-0.2, -0.15) is 5.10 Å². The molecule has 1 amide bonds. The number of carbonyl (C=O) groups is 1. The van der Waals surface area contributed by atoms with E-state index in [1.807, 2.05) is 32.0 Å². The molecule has 7 heteroatoms. The third kappa shape index (κ3) is 5.38. The van der Waals surface area contributed by atoms with Crippen molar-refractivity contribution in [3.05, 3.63) is 98.3 Å². The van der Waals surface area contributed by atoms with E-state index >= 15 is 0 Å². The molecule has 3 aromatic carbocycles. The molecule has 4 nitrogen and oxygen atoms in total. The van der Waals surface area contributed by atoms with E-state index in [1.54, 1.807) is 18.2 Å². The third-order valence-electron chi connectivity index (χ3n) is 4.37. The summed E-state index contributed by atoms with van der Waals surface area (Å²) in [5.74, 6) is -0.467. The largest absolute Gasteiger partial charge is 0.488 e. The van der Waals surface area contributed by atoms with Gasteiger partial charge in [0.2, 0.25) is 0 Å². The van der Waals surface area contributed by atoms with Crippen molar-refractivity contribution in [2.45, 2.75) is 20.5 Å². The molecule has 30 heavy (non-hydrogen) atoms. The number of aryl methyl sites for hydroxylation is 2. The van der Waals surface area contributed by atoms with Crippen LogP contribution in [0.3, 0.4) is 0 Å². The zero-order valence-electron chi connectivity index (χ0n) is 16.4. The summed E-state index contributed by atoms with van der Waals surface area (Å²) in [7, 11) is 0. The van der Waals surface area contributed by atoms with Gasteiger partial charge in [0.15, 0.2) is 0 Å². The van der Waals surface area contributed by atoms with Crippen LogP contribution in [0.25, 0.3) is 0 Å². The predicted molar refractivity (Wildman–Crippen MR) is 118 cm³/mol. The molecule has 0 bridgehead atoms. The molecule has 0 aliphatic carbocycles. The first-order valence-corrected chi connectivity index (χ1v) is 9.86. The van der Waals surface area contributed by atoms with E-state index in [0.29, 0.717) is 16.7 Å². The fourth-order valence-electron chi connectivity index (χ4n) is 2.95. The molecule has 0 atom stereocenters. The van der Waals surface area contributed by atoms with Gasteiger partial charge in [-0.25, -0.2) is 9.82 Å². The van der Waals surface area contributed by atoms with Crippen molar-refractivity contribution in [2.75, 3.05) is 0 Å². The van der Waals surface area contributed by atoms with Crippen LogP contribution in [0.1, 0.15) is 32.6 Å². The van der Waals surface area contributed by atoms with Crippen LogP contribution in [0.5, 0.6) is 5.75 Å². The van der Waals surface area contributed by atoms with E-state index in [9.17, 15) is 9.18 Å². The number of carbonyl (C=O) groups excluding carboxylic acids is 1. The molecule has 0 saturated heterocycles. The minimum atomic E-state index is -0.613. The molecule has 0 spiro atoms. The number of benzene rings is 3. The standard InChI is InChI=1S/C23H19Cl2FN2O2/c1-14-9-16(12-27-28-23(29)19-5-3-4-6-21(19)26)10-15(2)22(14)30-13-17-7-8-18(24)11-20(17)25/h3-12H,13H2,1-2H3,(H,28,29)/b27-12-. The lowest BCUT2D eigenvalue weighted by molar-refractivity contribution is 0.0951. The minimum Gasteiger partial charge on any atom is -0.488 e. The summed E-state index contributed by atoms with van der Waals surface area (Å²) in [6, 6.07) is 14.8. The summed E-state index contributed by atoms with van der Waals surface area (Å²) in [4.78, 5) is 12.0. The first-order chi connectivity index (χ1) is 14.3. The van der Waals surface area contributed by atoms with Crippen LogP contribution in [0.4, 0.5) is 4.39 Å². The highest BCUT2D eigenvalue weighted by atomic mass is 35.5. The molecule has 3 aromatic rings. The van der Waals surface area contributed by atoms with E-state index in [2.05, 4.69) is 10.5 Å². The summed E-state index contributed by atoms with van der Waals surface area (Å²) in [6.45, 7) is 4.14. The lowest BCUT2D eigenvalue weighted by Crippen LogP contribution is -2.18. The van der Waals surface area contributed by atoms with Gasteiger partial charge >= 0.3 is 0 Å². The Bertz CT molecular complexity index is 1090. The summed E-state index contributed by atoms with van der Waals surface area (Å²) >= 11 is 12.1. The van der Waals surface area contributed by atoms with Gasteiger partial charge in [-0.15, -0.1) is 0 Å². The van der Waals surface area contributed by atoms with Gasteiger partial charge in [-0.05, 0) is 66.9 Å². The minimum absolute atomic E-state index is 0.0633. The average molecular weight is 445 g/mol. The molecule has 0 heterocycles. The molecule has 0 fully saturated rings. The number of nitrogens with zero attached hydrogens (tertiary/aromatic N) is 1. The number of hydrogen-bond acceptors (Lipinski definition) is 3. The highest BCUT2D eigenvalue weighted by Crippen LogP contribution is 2.27. The second-order valence-electron chi connectivity index (χ2n) is 6.69. The maximum absolute atomic E-state index is 13.6. The topological polar surface area (TPSA) is 50.7 Å². The number of amides is 1. The molecule has 0 aliphatic rings. The lowest BCUT2D eigenvalue weighted by Gasteiger charge is -2.14. The average Bonchev–Trinajstić information content (AvgIpc) is 2.69. The number of rotatable bonds is 6. The normalized spacial score (nSPS) is 11.0. The fraction of sp³-hybridized carbons (Fsp3) is 0.130. The zero-order valence-corrected chi connectivity index (χ0v) is 17.9. The molecular weight excluding hydrogens is 426 g/mol. The van der Waals surface area contributed by atoms with Gasteiger partial charge in [0.1, 0.15) is 18.2 Å². The van der Waals surface area contributed by atoms with Crippen molar-refractivity contribution in [2.24, 2.45) is 5.10 Å². The Hall–Kier alpha value is -2.89. The van der Waals surface area contributed by atoms with Gasteiger partial charge in [-0.1, -0.05) is 41.4 Å². The maximum Gasteiger partial charge on any atom is 0.274 e. The van der Waals surface area contributed by atoms with Crippen LogP contribution in [0.2, 0.25) is 10.0 Å². The van der Waals surface area contributed by atoms with Crippen molar-refractivity contribution in [3.63, 3.8) is 0 Å². The van der Waals surface area contributed by atoms with E-state index < -0.39 is 11.7 Å². The number of ether oxygens (including phenoxy) is 1. The monoisotopic (exact) mass is 444 g/mol. The highest BCUT2D eigenvalue weighted by molar-refractivity contribution is 6.35. The molecule has 0 aliphatic heterocycles. The van der Waals surface area contributed by atoms with Crippen LogP contribution in [-0.2, 0) is 6.61 Å². The smallest absolute Gasteiger partial charge is 0.274 e. The number of hydrazone groups is 1. The Kier molecular flexibility index (Phi) is 7.08. The summed E-state index contributed by atoms with van der Waals surface area (Å²) in [6.07, 6.45) is 1.50. The summed E-state index contributed by atoms with van der Waals surface area (Å²) in [5, 5.41) is 5.04. The van der Waals surface area contributed by atoms with Crippen molar-refractivity contribution in [1.29, 1.82) is 0 Å². The summed E-state index contributed by atoms with van der Waals surface area (Å²) in [5.41, 5.74) is 5.69. The van der Waals surface area contributed by atoms with Gasteiger partial charge in [-0.3, -0.25) is 4.79 Å². The number of halogens is 3. The molecule has 0 saturated carbocycles. The lowest BCUT2D eigenvalue weighted by atomic mass is 10.1. The van der Waals surface area contributed by atoms with Crippen molar-refractivity contribution < 1.29 is 13.9 Å². The van der Waals surface area contributed by atoms with Crippen molar-refractivity contribution >= 4 is 35.3 Å². The van der Waals surface area contributed by atoms with E-state index in [1.165, 1.54) is 24.4 Å². The Morgan fingerprint density at radius 1 is 1.10 bits per heavy atom. The summed E-state index contributed by atoms with van der Waals surface area (Å²) < 4.78 is 19.6. The Balaban J connectivity index is 1.67. The third-order valence-corrected chi connectivity index (χ3v) is 4.95. The molecule has 1 N–H and O–H groups in total. The van der Waals surface area contributed by atoms with Crippen LogP contribution >= 0.6 is 23.2 Å². The first-order valence-electron chi connectivity index (χ1n) is 9.11. The fourth-order valence-corrected chi connectivity index (χ4v) is 3.41. The zero-order chi connectivity index (χ0) is 21.7. The van der Waals surface area contributed by atoms with Crippen LogP contribution in [0.15, 0.2) is 59.7 Å². The number of nitrogens with one attached hydrogen (secondary N) is 1. The predicted octanol–water partition coefficient (Wildman–Crippen LogP) is 6.09. The van der Waals surface area contributed by atoms with Crippen LogP contribution < -0.4 is 10.2 Å². The molecule has 0 unspecified atom stereocenters. The van der Waals surface area contributed by atoms with Crippen molar-refractivity contribution in [1.82, 2.24) is 5.43 Å². The van der Waals surface area contributed by atoms with Crippen LogP contribution in [0, 0.1) is 19.7 Å². The Morgan fingerprint density at radius 3 is 2.47 bits per heavy atom. The Labute approximate surface area is 184 Å². The molecule has 154 valence electrons. The van der Waals surface area contributed by atoms with E-state index in [-0.39, 0.29) is 5.56 Å². The second kappa shape index (κ2) is 9.74. The maximum atomic E-state index is 13.6. The quantitative estimate of drug-likeness (QED) is 0.369. The SMILES string of the molecule is Cc1cc(/C=N\NC(=O)c2ccccc2F)cc(C)c1OCc1ccc(Cl)cc1Cl. The van der Waals surface area contributed by atoms with Crippen molar-refractivity contribution in [3.8, 4) is 5.75 Å².